The maximum atomic E-state index is 10.6. The van der Waals surface area contributed by atoms with Gasteiger partial charge < -0.3 is 15.8 Å². The van der Waals surface area contributed by atoms with E-state index >= 15 is 0 Å². The molecule has 4 nitrogen and oxygen atoms in total. The van der Waals surface area contributed by atoms with Crippen molar-refractivity contribution in [2.45, 2.75) is 46.2 Å². The Morgan fingerprint density at radius 1 is 1.30 bits per heavy atom. The Morgan fingerprint density at radius 2 is 1.95 bits per heavy atom. The number of hydrogen-bond donors (Lipinski definition) is 2. The molecule has 1 rings (SSSR count). The van der Waals surface area contributed by atoms with Crippen LogP contribution in [-0.2, 0) is 11.3 Å². The molecule has 0 aromatic heterocycles. The predicted molar refractivity (Wildman–Crippen MR) is 81.5 cm³/mol. The molecule has 4 heteroatoms. The van der Waals surface area contributed by atoms with Gasteiger partial charge in [0.15, 0.2) is 6.61 Å². The predicted octanol–water partition coefficient (Wildman–Crippen LogP) is 2.46. The number of primary amides is 1. The van der Waals surface area contributed by atoms with Crippen molar-refractivity contribution in [1.82, 2.24) is 5.32 Å². The van der Waals surface area contributed by atoms with Crippen LogP contribution in [0.5, 0.6) is 5.75 Å². The Hall–Kier alpha value is -1.55. The summed E-state index contributed by atoms with van der Waals surface area (Å²) in [5.41, 5.74) is 6.23. The zero-order chi connectivity index (χ0) is 15.0. The molecule has 0 bridgehead atoms. The summed E-state index contributed by atoms with van der Waals surface area (Å²) in [5.74, 6) is 0.955. The molecule has 112 valence electrons. The Morgan fingerprint density at radius 3 is 2.50 bits per heavy atom. The number of benzene rings is 1. The van der Waals surface area contributed by atoms with Crippen LogP contribution < -0.4 is 15.8 Å². The minimum absolute atomic E-state index is 0.0798. The smallest absolute Gasteiger partial charge is 0.255 e. The van der Waals surface area contributed by atoms with Gasteiger partial charge in [0, 0.05) is 12.6 Å². The van der Waals surface area contributed by atoms with Gasteiger partial charge >= 0.3 is 0 Å². The van der Waals surface area contributed by atoms with Crippen molar-refractivity contribution in [3.63, 3.8) is 0 Å². The van der Waals surface area contributed by atoms with E-state index in [4.69, 9.17) is 10.5 Å². The van der Waals surface area contributed by atoms with Crippen LogP contribution in [0, 0.1) is 5.92 Å². The van der Waals surface area contributed by atoms with Crippen LogP contribution in [0.15, 0.2) is 24.3 Å². The maximum Gasteiger partial charge on any atom is 0.255 e. The first-order valence-corrected chi connectivity index (χ1v) is 7.24. The van der Waals surface area contributed by atoms with Crippen LogP contribution >= 0.6 is 0 Å². The van der Waals surface area contributed by atoms with Crippen LogP contribution in [0.2, 0.25) is 0 Å². The third-order valence-corrected chi connectivity index (χ3v) is 3.41. The summed E-state index contributed by atoms with van der Waals surface area (Å²) in [6.45, 7) is 7.49. The molecule has 0 saturated carbocycles. The Bertz CT molecular complexity index is 403. The molecule has 20 heavy (non-hydrogen) atoms. The highest BCUT2D eigenvalue weighted by atomic mass is 16.5. The van der Waals surface area contributed by atoms with Crippen molar-refractivity contribution in [1.29, 1.82) is 0 Å². The number of amides is 1. The molecule has 3 N–H and O–H groups in total. The second-order valence-corrected chi connectivity index (χ2v) is 5.43. The highest BCUT2D eigenvalue weighted by molar-refractivity contribution is 5.75. The second-order valence-electron chi connectivity index (χ2n) is 5.43. The Balaban J connectivity index is 2.35. The summed E-state index contributed by atoms with van der Waals surface area (Å²) in [4.78, 5) is 10.6. The molecule has 0 aliphatic carbocycles. The van der Waals surface area contributed by atoms with Crippen molar-refractivity contribution >= 4 is 5.91 Å². The summed E-state index contributed by atoms with van der Waals surface area (Å²) < 4.78 is 5.22. The average molecular weight is 278 g/mol. The molecular formula is C16H26N2O2. The summed E-state index contributed by atoms with van der Waals surface area (Å²) in [6, 6.07) is 8.23. The lowest BCUT2D eigenvalue weighted by atomic mass is 10.0. The lowest BCUT2D eigenvalue weighted by Gasteiger charge is -2.17. The van der Waals surface area contributed by atoms with E-state index in [0.29, 0.717) is 11.8 Å². The van der Waals surface area contributed by atoms with Crippen molar-refractivity contribution < 1.29 is 9.53 Å². The van der Waals surface area contributed by atoms with E-state index in [1.54, 1.807) is 0 Å². The summed E-state index contributed by atoms with van der Waals surface area (Å²) in [7, 11) is 0. The van der Waals surface area contributed by atoms with E-state index in [-0.39, 0.29) is 6.61 Å². The van der Waals surface area contributed by atoms with Gasteiger partial charge in [-0.2, -0.15) is 0 Å². The van der Waals surface area contributed by atoms with E-state index in [2.05, 4.69) is 26.1 Å². The number of nitrogens with one attached hydrogen (secondary N) is 1. The van der Waals surface area contributed by atoms with Crippen LogP contribution in [-0.4, -0.2) is 18.6 Å². The van der Waals surface area contributed by atoms with Crippen molar-refractivity contribution in [3.05, 3.63) is 29.8 Å². The van der Waals surface area contributed by atoms with Gasteiger partial charge in [0.05, 0.1) is 0 Å². The van der Waals surface area contributed by atoms with Crippen LogP contribution in [0.3, 0.4) is 0 Å². The molecule has 1 aromatic rings. The van der Waals surface area contributed by atoms with Gasteiger partial charge in [0.25, 0.3) is 5.91 Å². The zero-order valence-corrected chi connectivity index (χ0v) is 12.7. The molecule has 0 aliphatic rings. The molecule has 2 unspecified atom stereocenters. The third kappa shape index (κ3) is 6.57. The van der Waals surface area contributed by atoms with E-state index in [0.717, 1.165) is 12.5 Å². The number of hydrogen-bond acceptors (Lipinski definition) is 3. The van der Waals surface area contributed by atoms with Gasteiger partial charge in [-0.15, -0.1) is 0 Å². The topological polar surface area (TPSA) is 64.3 Å². The third-order valence-electron chi connectivity index (χ3n) is 3.41. The van der Waals surface area contributed by atoms with Crippen molar-refractivity contribution in [2.24, 2.45) is 11.7 Å². The average Bonchev–Trinajstić information content (AvgIpc) is 2.43. The van der Waals surface area contributed by atoms with Gasteiger partial charge in [-0.05, 0) is 37.0 Å². The molecule has 0 heterocycles. The van der Waals surface area contributed by atoms with Crippen LogP contribution in [0.25, 0.3) is 0 Å². The van der Waals surface area contributed by atoms with E-state index in [1.807, 2.05) is 24.3 Å². The quantitative estimate of drug-likeness (QED) is 0.729. The standard InChI is InChI=1S/C16H26N2O2/c1-4-12(2)9-13(3)18-10-14-5-7-15(8-6-14)20-11-16(17)19/h5-8,12-13,18H,4,9-11H2,1-3H3,(H2,17,19). The molecule has 0 saturated heterocycles. The number of ether oxygens (including phenoxy) is 1. The fraction of sp³-hybridized carbons (Fsp3) is 0.562. The minimum Gasteiger partial charge on any atom is -0.484 e. The molecule has 0 radical (unpaired) electrons. The lowest BCUT2D eigenvalue weighted by molar-refractivity contribution is -0.119. The summed E-state index contributed by atoms with van der Waals surface area (Å²) in [5, 5.41) is 3.52. The fourth-order valence-electron chi connectivity index (χ4n) is 2.00. The van der Waals surface area contributed by atoms with E-state index in [1.165, 1.54) is 18.4 Å². The molecule has 2 atom stereocenters. The van der Waals surface area contributed by atoms with E-state index < -0.39 is 5.91 Å². The second kappa shape index (κ2) is 8.59. The van der Waals surface area contributed by atoms with E-state index in [9.17, 15) is 4.79 Å². The van der Waals surface area contributed by atoms with Crippen LogP contribution in [0.4, 0.5) is 0 Å². The molecule has 1 aromatic carbocycles. The number of nitrogens with two attached hydrogens (primary N) is 1. The van der Waals surface area contributed by atoms with Crippen molar-refractivity contribution in [2.75, 3.05) is 6.61 Å². The number of carbonyl (C=O) groups excluding carboxylic acids is 1. The molecule has 0 spiro atoms. The first-order chi connectivity index (χ1) is 9.51. The van der Waals surface area contributed by atoms with Gasteiger partial charge in [-0.1, -0.05) is 32.4 Å². The highest BCUT2D eigenvalue weighted by Gasteiger charge is 2.06. The van der Waals surface area contributed by atoms with Crippen molar-refractivity contribution in [3.8, 4) is 5.75 Å². The SMILES string of the molecule is CCC(C)CC(C)NCc1ccc(OCC(N)=O)cc1. The van der Waals surface area contributed by atoms with Gasteiger partial charge in [-0.25, -0.2) is 0 Å². The first kappa shape index (κ1) is 16.5. The largest absolute Gasteiger partial charge is 0.484 e. The minimum atomic E-state index is -0.463. The zero-order valence-electron chi connectivity index (χ0n) is 12.7. The molecule has 0 aliphatic heterocycles. The first-order valence-electron chi connectivity index (χ1n) is 7.24. The normalized spacial score (nSPS) is 13.8. The Kier molecular flexibility index (Phi) is 7.09. The molecule has 0 fully saturated rings. The lowest BCUT2D eigenvalue weighted by Crippen LogP contribution is -2.27. The van der Waals surface area contributed by atoms with Gasteiger partial charge in [0.1, 0.15) is 5.75 Å². The van der Waals surface area contributed by atoms with Gasteiger partial charge in [0.2, 0.25) is 0 Å². The highest BCUT2D eigenvalue weighted by Crippen LogP contribution is 2.13. The molecule has 1 amide bonds. The Labute approximate surface area is 121 Å². The van der Waals surface area contributed by atoms with Gasteiger partial charge in [-0.3, -0.25) is 4.79 Å². The summed E-state index contributed by atoms with van der Waals surface area (Å²) >= 11 is 0. The fourth-order valence-corrected chi connectivity index (χ4v) is 2.00. The summed E-state index contributed by atoms with van der Waals surface area (Å²) in [6.07, 6.45) is 2.41. The maximum absolute atomic E-state index is 10.6. The monoisotopic (exact) mass is 278 g/mol. The molecular weight excluding hydrogens is 252 g/mol. The number of rotatable bonds is 9. The number of carbonyl (C=O) groups is 1. The van der Waals surface area contributed by atoms with Crippen LogP contribution in [0.1, 0.15) is 39.2 Å².